The van der Waals surface area contributed by atoms with E-state index in [9.17, 15) is 4.79 Å². The van der Waals surface area contributed by atoms with Crippen LogP contribution >= 0.6 is 23.2 Å². The van der Waals surface area contributed by atoms with Gasteiger partial charge in [0.2, 0.25) is 0 Å². The first-order chi connectivity index (χ1) is 5.04. The second-order valence-electron chi connectivity index (χ2n) is 1.80. The number of hydrogen-bond acceptors (Lipinski definition) is 3. The molecule has 0 fully saturated rings. The number of aliphatic hydroxyl groups excluding tert-OH is 1. The van der Waals surface area contributed by atoms with Crippen LogP contribution in [0.15, 0.2) is 10.3 Å². The second kappa shape index (κ2) is 5.27. The van der Waals surface area contributed by atoms with E-state index in [1.807, 2.05) is 0 Å². The van der Waals surface area contributed by atoms with Crippen LogP contribution in [-0.2, 0) is 9.53 Å². The predicted octanol–water partition coefficient (Wildman–Crippen LogP) is 2.14. The summed E-state index contributed by atoms with van der Waals surface area (Å²) < 4.78 is 4.32. The normalized spacial score (nSPS) is 9.00. The van der Waals surface area contributed by atoms with Crippen LogP contribution in [0.4, 0.5) is 0 Å². The van der Waals surface area contributed by atoms with Gasteiger partial charge >= 0.3 is 5.97 Å². The summed E-state index contributed by atoms with van der Waals surface area (Å²) in [5.74, 6) is -0.571. The fraction of sp³-hybridized carbons (Fsp3) is 0.500. The molecule has 0 saturated heterocycles. The van der Waals surface area contributed by atoms with Gasteiger partial charge in [-0.3, -0.25) is 4.79 Å². The molecule has 11 heavy (non-hydrogen) atoms. The lowest BCUT2D eigenvalue weighted by molar-refractivity contribution is -0.140. The Kier molecular flexibility index (Phi) is 5.07. The first kappa shape index (κ1) is 10.6. The molecule has 0 aromatic rings. The van der Waals surface area contributed by atoms with Gasteiger partial charge in [-0.05, 0) is 0 Å². The molecule has 0 aliphatic heterocycles. The van der Waals surface area contributed by atoms with E-state index >= 15 is 0 Å². The van der Waals surface area contributed by atoms with Gasteiger partial charge in [-0.2, -0.15) is 0 Å². The molecule has 0 aromatic heterocycles. The number of aliphatic hydroxyl groups is 1. The largest absolute Gasteiger partial charge is 0.510 e. The number of hydrogen-bond donors (Lipinski definition) is 1. The summed E-state index contributed by atoms with van der Waals surface area (Å²) in [5.41, 5.74) is 0. The molecule has 0 bridgehead atoms. The molecule has 0 amide bonds. The van der Waals surface area contributed by atoms with Crippen molar-refractivity contribution < 1.29 is 14.6 Å². The molecule has 0 unspecified atom stereocenters. The van der Waals surface area contributed by atoms with E-state index in [0.717, 1.165) is 0 Å². The molecular weight excluding hydrogens is 191 g/mol. The topological polar surface area (TPSA) is 46.5 Å². The van der Waals surface area contributed by atoms with Crippen LogP contribution in [0.5, 0.6) is 0 Å². The van der Waals surface area contributed by atoms with E-state index in [2.05, 4.69) is 4.74 Å². The van der Waals surface area contributed by atoms with E-state index in [1.165, 1.54) is 6.92 Å². The Morgan fingerprint density at radius 1 is 1.55 bits per heavy atom. The molecule has 0 heterocycles. The van der Waals surface area contributed by atoms with Crippen molar-refractivity contribution >= 4 is 29.2 Å². The lowest BCUT2D eigenvalue weighted by Crippen LogP contribution is -2.01. The third-order valence-corrected chi connectivity index (χ3v) is 1.30. The van der Waals surface area contributed by atoms with Crippen molar-refractivity contribution in [1.82, 2.24) is 0 Å². The van der Waals surface area contributed by atoms with Crippen LogP contribution < -0.4 is 0 Å². The van der Waals surface area contributed by atoms with Crippen molar-refractivity contribution in [1.29, 1.82) is 0 Å². The summed E-state index contributed by atoms with van der Waals surface area (Å²) in [4.78, 5) is 10.2. The van der Waals surface area contributed by atoms with Crippen molar-refractivity contribution in [2.24, 2.45) is 0 Å². The Morgan fingerprint density at radius 3 is 2.45 bits per heavy atom. The van der Waals surface area contributed by atoms with E-state index < -0.39 is 5.97 Å². The van der Waals surface area contributed by atoms with E-state index in [4.69, 9.17) is 28.3 Å². The maximum Gasteiger partial charge on any atom is 0.302 e. The molecule has 0 aliphatic rings. The van der Waals surface area contributed by atoms with Gasteiger partial charge in [-0.25, -0.2) is 0 Å². The van der Waals surface area contributed by atoms with Gasteiger partial charge in [-0.1, -0.05) is 23.2 Å². The lowest BCUT2D eigenvalue weighted by Gasteiger charge is -2.00. The summed E-state index contributed by atoms with van der Waals surface area (Å²) >= 11 is 10.4. The molecule has 3 nitrogen and oxygen atoms in total. The van der Waals surface area contributed by atoms with Crippen LogP contribution in [0, 0.1) is 0 Å². The molecule has 0 radical (unpaired) electrons. The minimum absolute atomic E-state index is 0.0874. The number of esters is 1. The number of rotatable bonds is 3. The maximum absolute atomic E-state index is 10.2. The van der Waals surface area contributed by atoms with Crippen molar-refractivity contribution in [3.05, 3.63) is 10.3 Å². The smallest absolute Gasteiger partial charge is 0.302 e. The standard InChI is InChI=1S/C6H8Cl2O3/c1-4(9)11-3-2-5(10)6(7)8/h10H,2-3H2,1H3. The minimum Gasteiger partial charge on any atom is -0.510 e. The van der Waals surface area contributed by atoms with Crippen LogP contribution in [0.2, 0.25) is 0 Å². The zero-order valence-electron chi connectivity index (χ0n) is 5.93. The third-order valence-electron chi connectivity index (χ3n) is 0.862. The SMILES string of the molecule is CC(=O)OCCC(O)=C(Cl)Cl. The molecule has 1 N–H and O–H groups in total. The molecule has 0 atom stereocenters. The zero-order chi connectivity index (χ0) is 8.85. The third kappa shape index (κ3) is 6.01. The van der Waals surface area contributed by atoms with Crippen molar-refractivity contribution in [2.45, 2.75) is 13.3 Å². The summed E-state index contributed by atoms with van der Waals surface area (Å²) in [6.45, 7) is 1.37. The van der Waals surface area contributed by atoms with Gasteiger partial charge < -0.3 is 9.84 Å². The van der Waals surface area contributed by atoms with Gasteiger partial charge in [0.05, 0.1) is 6.61 Å². The first-order valence-corrected chi connectivity index (χ1v) is 3.66. The molecule has 0 aromatic carbocycles. The van der Waals surface area contributed by atoms with Gasteiger partial charge in [-0.15, -0.1) is 0 Å². The highest BCUT2D eigenvalue weighted by Crippen LogP contribution is 2.14. The van der Waals surface area contributed by atoms with Crippen molar-refractivity contribution in [3.63, 3.8) is 0 Å². The molecular formula is C6H8Cl2O3. The molecule has 0 spiro atoms. The van der Waals surface area contributed by atoms with E-state index in [-0.39, 0.29) is 23.3 Å². The van der Waals surface area contributed by atoms with Crippen LogP contribution in [-0.4, -0.2) is 17.7 Å². The maximum atomic E-state index is 10.2. The number of ether oxygens (including phenoxy) is 1. The minimum atomic E-state index is -0.400. The predicted molar refractivity (Wildman–Crippen MR) is 42.6 cm³/mol. The fourth-order valence-corrected chi connectivity index (χ4v) is 0.575. The van der Waals surface area contributed by atoms with Gasteiger partial charge in [0.25, 0.3) is 0 Å². The quantitative estimate of drug-likeness (QED) is 0.559. The summed E-state index contributed by atoms with van der Waals surface area (Å²) in [7, 11) is 0. The highest BCUT2D eigenvalue weighted by Gasteiger charge is 2.00. The number of carbonyl (C=O) groups is 1. The van der Waals surface area contributed by atoms with Gasteiger partial charge in [0.1, 0.15) is 10.3 Å². The van der Waals surface area contributed by atoms with Crippen molar-refractivity contribution in [3.8, 4) is 0 Å². The number of carbonyl (C=O) groups excluding carboxylic acids is 1. The Bertz CT molecular complexity index is 173. The van der Waals surface area contributed by atoms with Gasteiger partial charge in [0, 0.05) is 13.3 Å². The first-order valence-electron chi connectivity index (χ1n) is 2.90. The van der Waals surface area contributed by atoms with E-state index in [0.29, 0.717) is 0 Å². The van der Waals surface area contributed by atoms with Crippen LogP contribution in [0.3, 0.4) is 0 Å². The summed E-state index contributed by atoms with van der Waals surface area (Å²) in [6, 6.07) is 0. The van der Waals surface area contributed by atoms with Crippen LogP contribution in [0.1, 0.15) is 13.3 Å². The highest BCUT2D eigenvalue weighted by molar-refractivity contribution is 6.56. The molecule has 0 saturated carbocycles. The fourth-order valence-electron chi connectivity index (χ4n) is 0.386. The van der Waals surface area contributed by atoms with Crippen molar-refractivity contribution in [2.75, 3.05) is 6.61 Å². The van der Waals surface area contributed by atoms with Gasteiger partial charge in [0.15, 0.2) is 0 Å². The van der Waals surface area contributed by atoms with Crippen LogP contribution in [0.25, 0.3) is 0 Å². The zero-order valence-corrected chi connectivity index (χ0v) is 7.45. The number of halogens is 2. The summed E-state index contributed by atoms with van der Waals surface area (Å²) in [5, 5.41) is 8.86. The molecule has 64 valence electrons. The Balaban J connectivity index is 3.56. The Morgan fingerprint density at radius 2 is 2.09 bits per heavy atom. The monoisotopic (exact) mass is 198 g/mol. The lowest BCUT2D eigenvalue weighted by atomic mass is 10.4. The average molecular weight is 199 g/mol. The molecule has 0 rings (SSSR count). The second-order valence-corrected chi connectivity index (χ2v) is 2.75. The van der Waals surface area contributed by atoms with E-state index in [1.54, 1.807) is 0 Å². The Labute approximate surface area is 74.6 Å². The average Bonchev–Trinajstić information content (AvgIpc) is 1.86. The Hall–Kier alpha value is -0.410. The summed E-state index contributed by atoms with van der Waals surface area (Å²) in [6.07, 6.45) is 0.141. The molecule has 0 aliphatic carbocycles. The molecule has 5 heteroatoms. The highest BCUT2D eigenvalue weighted by atomic mass is 35.5.